The Morgan fingerprint density at radius 3 is 2.50 bits per heavy atom. The van der Waals surface area contributed by atoms with Crippen molar-refractivity contribution in [2.24, 2.45) is 0 Å². The predicted molar refractivity (Wildman–Crippen MR) is 86.7 cm³/mol. The highest BCUT2D eigenvalue weighted by Crippen LogP contribution is 2.30. The number of nitrogens with zero attached hydrogens (tertiary/aromatic N) is 3. The molecule has 1 saturated heterocycles. The van der Waals surface area contributed by atoms with Crippen LogP contribution in [0.2, 0.25) is 0 Å². The second-order valence-electron chi connectivity index (χ2n) is 5.24. The van der Waals surface area contributed by atoms with Crippen molar-refractivity contribution >= 4 is 11.8 Å². The Kier molecular flexibility index (Phi) is 5.14. The Morgan fingerprint density at radius 1 is 1.04 bits per heavy atom. The molecule has 0 aromatic carbocycles. The average Bonchev–Trinajstić information content (AvgIpc) is 2.62. The maximum Gasteiger partial charge on any atom is 0.316 e. The second kappa shape index (κ2) is 7.31. The van der Waals surface area contributed by atoms with E-state index in [1.165, 1.54) is 25.1 Å². The Bertz CT molecular complexity index is 687. The van der Waals surface area contributed by atoms with E-state index in [4.69, 9.17) is 9.47 Å². The lowest BCUT2D eigenvalue weighted by Gasteiger charge is -2.34. The van der Waals surface area contributed by atoms with Crippen molar-refractivity contribution in [1.82, 2.24) is 15.0 Å². The summed E-state index contributed by atoms with van der Waals surface area (Å²) in [5.74, 6) is 0.714. The van der Waals surface area contributed by atoms with Gasteiger partial charge in [0.25, 0.3) is 0 Å². The third-order valence-corrected chi connectivity index (χ3v) is 4.80. The van der Waals surface area contributed by atoms with Crippen LogP contribution < -0.4 is 9.47 Å². The predicted octanol–water partition coefficient (Wildman–Crippen LogP) is 0.0816. The molecule has 3 N–H and O–H groups in total. The van der Waals surface area contributed by atoms with Crippen LogP contribution in [0.5, 0.6) is 11.8 Å². The molecule has 2 aromatic heterocycles. The summed E-state index contributed by atoms with van der Waals surface area (Å²) in [5, 5.41) is 29.3. The molecule has 0 radical (unpaired) electrons. The lowest BCUT2D eigenvalue weighted by atomic mass is 10.1. The summed E-state index contributed by atoms with van der Waals surface area (Å²) in [5.41, 5.74) is 0.791. The normalized spacial score (nSPS) is 26.8. The standard InChI is InChI=1S/C15H17N3O5S/c1-22-15-17-4-9(5-18-15)8-2-10(6-16-3-8)23-14-13(21)12(20)11(19)7-24-14/h2-6,11-14,19-21H,7H2,1H3/t11-,12+,13-,14+/m1/s1. The molecule has 1 aliphatic rings. The van der Waals surface area contributed by atoms with Crippen LogP contribution in [0.4, 0.5) is 0 Å². The first-order chi connectivity index (χ1) is 11.6. The van der Waals surface area contributed by atoms with Gasteiger partial charge >= 0.3 is 6.01 Å². The number of aliphatic hydroxyl groups excluding tert-OH is 3. The first-order valence-corrected chi connectivity index (χ1v) is 8.27. The van der Waals surface area contributed by atoms with Crippen LogP contribution in [-0.2, 0) is 0 Å². The topological polar surface area (TPSA) is 118 Å². The summed E-state index contributed by atoms with van der Waals surface area (Å²) in [6.07, 6.45) is 2.98. The highest BCUT2D eigenvalue weighted by atomic mass is 32.2. The smallest absolute Gasteiger partial charge is 0.316 e. The second-order valence-corrected chi connectivity index (χ2v) is 6.37. The zero-order chi connectivity index (χ0) is 17.1. The van der Waals surface area contributed by atoms with Crippen LogP contribution in [0.15, 0.2) is 30.9 Å². The van der Waals surface area contributed by atoms with Crippen molar-refractivity contribution in [2.75, 3.05) is 12.9 Å². The lowest BCUT2D eigenvalue weighted by molar-refractivity contribution is -0.0786. The molecule has 2 aromatic rings. The molecule has 3 heterocycles. The van der Waals surface area contributed by atoms with E-state index in [9.17, 15) is 15.3 Å². The fourth-order valence-corrected chi connectivity index (χ4v) is 3.35. The first kappa shape index (κ1) is 16.9. The van der Waals surface area contributed by atoms with Crippen molar-refractivity contribution < 1.29 is 24.8 Å². The van der Waals surface area contributed by atoms with E-state index >= 15 is 0 Å². The van der Waals surface area contributed by atoms with E-state index in [1.807, 2.05) is 0 Å². The molecule has 4 atom stereocenters. The minimum Gasteiger partial charge on any atom is -0.475 e. The molecule has 0 bridgehead atoms. The van der Waals surface area contributed by atoms with Gasteiger partial charge in [-0.3, -0.25) is 4.98 Å². The molecule has 0 aliphatic carbocycles. The fraction of sp³-hybridized carbons (Fsp3) is 0.400. The molecule has 1 fully saturated rings. The van der Waals surface area contributed by atoms with Crippen LogP contribution in [0.25, 0.3) is 11.1 Å². The number of hydrogen-bond donors (Lipinski definition) is 3. The summed E-state index contributed by atoms with van der Waals surface area (Å²) in [6.45, 7) is 0. The minimum atomic E-state index is -1.23. The average molecular weight is 351 g/mol. The molecular weight excluding hydrogens is 334 g/mol. The largest absolute Gasteiger partial charge is 0.475 e. The van der Waals surface area contributed by atoms with Crippen LogP contribution in [0, 0.1) is 0 Å². The summed E-state index contributed by atoms with van der Waals surface area (Å²) >= 11 is 1.23. The first-order valence-electron chi connectivity index (χ1n) is 7.22. The lowest BCUT2D eigenvalue weighted by Crippen LogP contribution is -2.50. The number of pyridine rings is 1. The molecule has 8 nitrogen and oxygen atoms in total. The van der Waals surface area contributed by atoms with Gasteiger partial charge in [-0.25, -0.2) is 9.97 Å². The van der Waals surface area contributed by atoms with Crippen LogP contribution in [0.1, 0.15) is 0 Å². The van der Waals surface area contributed by atoms with Crippen LogP contribution in [-0.4, -0.2) is 66.9 Å². The molecule has 3 rings (SSSR count). The summed E-state index contributed by atoms with van der Waals surface area (Å²) < 4.78 is 10.6. The van der Waals surface area contributed by atoms with Crippen molar-refractivity contribution in [3.63, 3.8) is 0 Å². The van der Waals surface area contributed by atoms with Gasteiger partial charge in [-0.1, -0.05) is 0 Å². The minimum absolute atomic E-state index is 0.272. The molecule has 0 saturated carbocycles. The van der Waals surface area contributed by atoms with Crippen molar-refractivity contribution in [2.45, 2.75) is 23.7 Å². The van der Waals surface area contributed by atoms with Crippen molar-refractivity contribution in [3.05, 3.63) is 30.9 Å². The number of hydrogen-bond acceptors (Lipinski definition) is 9. The van der Waals surface area contributed by atoms with Crippen molar-refractivity contribution in [3.8, 4) is 22.9 Å². The number of rotatable bonds is 4. The molecule has 0 amide bonds. The van der Waals surface area contributed by atoms with E-state index in [0.717, 1.165) is 11.1 Å². The zero-order valence-electron chi connectivity index (χ0n) is 12.8. The van der Waals surface area contributed by atoms with Gasteiger partial charge in [0.2, 0.25) is 0 Å². The molecule has 0 spiro atoms. The SMILES string of the molecule is COc1ncc(-c2cncc(O[C@H]3SC[C@@H](O)[C@H](O)[C@H]3O)c2)cn1. The quantitative estimate of drug-likeness (QED) is 0.704. The van der Waals surface area contributed by atoms with E-state index < -0.39 is 23.7 Å². The Labute approximate surface area is 142 Å². The Balaban J connectivity index is 1.75. The molecular formula is C15H17N3O5S. The molecule has 24 heavy (non-hydrogen) atoms. The summed E-state index contributed by atoms with van der Waals surface area (Å²) in [4.78, 5) is 12.2. The Morgan fingerprint density at radius 2 is 1.79 bits per heavy atom. The molecule has 1 aliphatic heterocycles. The van der Waals surface area contributed by atoms with E-state index in [1.54, 1.807) is 24.7 Å². The van der Waals surface area contributed by atoms with Crippen molar-refractivity contribution in [1.29, 1.82) is 0 Å². The molecule has 128 valence electrons. The van der Waals surface area contributed by atoms with E-state index in [2.05, 4.69) is 15.0 Å². The van der Waals surface area contributed by atoms with Gasteiger partial charge in [-0.05, 0) is 6.07 Å². The summed E-state index contributed by atoms with van der Waals surface area (Å²) in [7, 11) is 1.49. The van der Waals surface area contributed by atoms with E-state index in [-0.39, 0.29) is 11.8 Å². The summed E-state index contributed by atoms with van der Waals surface area (Å²) in [6, 6.07) is 2.01. The molecule has 0 unspecified atom stereocenters. The Hall–Kier alpha value is -1.94. The van der Waals surface area contributed by atoms with Gasteiger partial charge < -0.3 is 24.8 Å². The maximum absolute atomic E-state index is 10.0. The third-order valence-electron chi connectivity index (χ3n) is 3.56. The van der Waals surface area contributed by atoms with E-state index in [0.29, 0.717) is 5.75 Å². The number of aliphatic hydroxyl groups is 3. The highest BCUT2D eigenvalue weighted by molar-refractivity contribution is 7.99. The highest BCUT2D eigenvalue weighted by Gasteiger charge is 2.38. The van der Waals surface area contributed by atoms with Gasteiger partial charge in [-0.15, -0.1) is 11.8 Å². The zero-order valence-corrected chi connectivity index (χ0v) is 13.6. The fourth-order valence-electron chi connectivity index (χ4n) is 2.23. The maximum atomic E-state index is 10.0. The molecule has 9 heteroatoms. The third kappa shape index (κ3) is 3.59. The van der Waals surface area contributed by atoms with Gasteiger partial charge in [0, 0.05) is 35.5 Å². The number of ether oxygens (including phenoxy) is 2. The van der Waals surface area contributed by atoms with Crippen LogP contribution in [0.3, 0.4) is 0 Å². The van der Waals surface area contributed by atoms with Gasteiger partial charge in [0.1, 0.15) is 18.0 Å². The van der Waals surface area contributed by atoms with Gasteiger partial charge in [0.15, 0.2) is 5.44 Å². The number of thioether (sulfide) groups is 1. The van der Waals surface area contributed by atoms with Gasteiger partial charge in [-0.2, -0.15) is 0 Å². The number of aromatic nitrogens is 3. The monoisotopic (exact) mass is 351 g/mol. The van der Waals surface area contributed by atoms with Gasteiger partial charge in [0.05, 0.1) is 19.4 Å². The van der Waals surface area contributed by atoms with Crippen LogP contribution >= 0.6 is 11.8 Å². The number of methoxy groups -OCH3 is 1.